The lowest BCUT2D eigenvalue weighted by molar-refractivity contribution is -0.548. The molecule has 1 aliphatic heterocycles. The Labute approximate surface area is 97.0 Å². The van der Waals surface area contributed by atoms with Gasteiger partial charge in [0.25, 0.3) is 0 Å². The molecule has 9 heteroatoms. The average molecular weight is 278 g/mol. The number of hydrogen-bond donors (Lipinski definition) is 0. The van der Waals surface area contributed by atoms with Crippen molar-refractivity contribution in [2.45, 2.75) is 49.4 Å². The fourth-order valence-electron chi connectivity index (χ4n) is 1.99. The third-order valence-electron chi connectivity index (χ3n) is 3.14. The molecule has 1 heterocycles. The zero-order valence-corrected chi connectivity index (χ0v) is 8.98. The molecular weight excluding hydrogens is 270 g/mol. The first kappa shape index (κ1) is 13.4. The quantitative estimate of drug-likeness (QED) is 0.574. The summed E-state index contributed by atoms with van der Waals surface area (Å²) in [5.74, 6) is -16.3. The van der Waals surface area contributed by atoms with Crippen molar-refractivity contribution in [3.05, 3.63) is 0 Å². The van der Waals surface area contributed by atoms with Gasteiger partial charge in [-0.15, -0.1) is 0 Å². The molecule has 0 aromatic carbocycles. The minimum atomic E-state index is -5.46. The van der Waals surface area contributed by atoms with Crippen LogP contribution in [0.2, 0.25) is 0 Å². The van der Waals surface area contributed by atoms with Crippen LogP contribution in [0.25, 0.3) is 0 Å². The Bertz CT molecular complexity index is 368. The monoisotopic (exact) mass is 278 g/mol. The number of esters is 1. The zero-order valence-electron chi connectivity index (χ0n) is 8.98. The molecular formula is C9H8F6O3. The van der Waals surface area contributed by atoms with Crippen molar-refractivity contribution in [3.63, 3.8) is 0 Å². The lowest BCUT2D eigenvalue weighted by atomic mass is 9.63. The lowest BCUT2D eigenvalue weighted by Gasteiger charge is -2.63. The maximum absolute atomic E-state index is 13.0. The predicted octanol–water partition coefficient (Wildman–Crippen LogP) is 2.34. The normalized spacial score (nSPS) is 33.4. The van der Waals surface area contributed by atoms with Gasteiger partial charge in [-0.05, 0) is 0 Å². The van der Waals surface area contributed by atoms with Crippen molar-refractivity contribution in [1.82, 2.24) is 0 Å². The van der Waals surface area contributed by atoms with E-state index < -0.39 is 42.0 Å². The molecule has 1 atom stereocenters. The zero-order chi connectivity index (χ0) is 14.0. The van der Waals surface area contributed by atoms with Crippen LogP contribution in [0.15, 0.2) is 0 Å². The molecule has 2 fully saturated rings. The van der Waals surface area contributed by atoms with Gasteiger partial charge in [-0.25, -0.2) is 0 Å². The summed E-state index contributed by atoms with van der Waals surface area (Å²) in [5, 5.41) is 0. The van der Waals surface area contributed by atoms with Crippen LogP contribution < -0.4 is 0 Å². The number of carbonyl (C=O) groups excluding carboxylic acids is 1. The predicted molar refractivity (Wildman–Crippen MR) is 43.4 cm³/mol. The summed E-state index contributed by atoms with van der Waals surface area (Å²) >= 11 is 0. The molecule has 1 unspecified atom stereocenters. The van der Waals surface area contributed by atoms with Gasteiger partial charge in [0.2, 0.25) is 11.9 Å². The SMILES string of the molecule is CCC(=O)OC1CC2(O1)C(F)(F)C(F)(F)C2(F)F. The molecule has 1 saturated carbocycles. The van der Waals surface area contributed by atoms with Gasteiger partial charge in [0.1, 0.15) is 0 Å². The van der Waals surface area contributed by atoms with Crippen molar-refractivity contribution in [2.24, 2.45) is 0 Å². The molecule has 1 saturated heterocycles. The largest absolute Gasteiger partial charge is 0.436 e. The molecule has 0 amide bonds. The Kier molecular flexibility index (Phi) is 2.47. The number of carbonyl (C=O) groups is 1. The Morgan fingerprint density at radius 3 is 2.00 bits per heavy atom. The molecule has 0 aromatic rings. The molecule has 104 valence electrons. The van der Waals surface area contributed by atoms with E-state index in [0.717, 1.165) is 0 Å². The van der Waals surface area contributed by atoms with Crippen LogP contribution in [0.5, 0.6) is 0 Å². The Hall–Kier alpha value is -0.990. The molecule has 0 N–H and O–H groups in total. The second kappa shape index (κ2) is 3.31. The van der Waals surface area contributed by atoms with Gasteiger partial charge < -0.3 is 9.47 Å². The van der Waals surface area contributed by atoms with E-state index in [1.165, 1.54) is 6.92 Å². The lowest BCUT2D eigenvalue weighted by Crippen LogP contribution is -2.91. The van der Waals surface area contributed by atoms with Crippen molar-refractivity contribution < 1.29 is 40.6 Å². The molecule has 1 spiro atoms. The van der Waals surface area contributed by atoms with Gasteiger partial charge in [-0.1, -0.05) is 6.92 Å². The summed E-state index contributed by atoms with van der Waals surface area (Å²) in [4.78, 5) is 10.8. The second-order valence-electron chi connectivity index (χ2n) is 4.15. The van der Waals surface area contributed by atoms with E-state index in [9.17, 15) is 31.1 Å². The van der Waals surface area contributed by atoms with Crippen LogP contribution >= 0.6 is 0 Å². The summed E-state index contributed by atoms with van der Waals surface area (Å²) in [6, 6.07) is 0. The summed E-state index contributed by atoms with van der Waals surface area (Å²) < 4.78 is 85.6. The summed E-state index contributed by atoms with van der Waals surface area (Å²) in [6.45, 7) is 1.39. The second-order valence-corrected chi connectivity index (χ2v) is 4.15. The summed E-state index contributed by atoms with van der Waals surface area (Å²) in [6.07, 6.45) is -2.91. The number of alkyl halides is 6. The van der Waals surface area contributed by atoms with Crippen LogP contribution in [-0.2, 0) is 14.3 Å². The molecule has 3 nitrogen and oxygen atoms in total. The number of rotatable bonds is 2. The minimum absolute atomic E-state index is 0.115. The van der Waals surface area contributed by atoms with E-state index in [0.29, 0.717) is 0 Å². The van der Waals surface area contributed by atoms with E-state index >= 15 is 0 Å². The van der Waals surface area contributed by atoms with E-state index in [-0.39, 0.29) is 6.42 Å². The van der Waals surface area contributed by atoms with Crippen LogP contribution in [-0.4, -0.2) is 35.6 Å². The standard InChI is InChI=1S/C9H8F6O3/c1-2-4(16)17-5-3-6(18-5)7(10,11)9(14,15)8(6,12)13/h5H,2-3H2,1H3. The maximum atomic E-state index is 13.0. The first-order valence-electron chi connectivity index (χ1n) is 5.04. The fourth-order valence-corrected chi connectivity index (χ4v) is 1.99. The average Bonchev–Trinajstić information content (AvgIpc) is 2.20. The highest BCUT2D eigenvalue weighted by Gasteiger charge is 3.02. The molecule has 2 aliphatic rings. The highest BCUT2D eigenvalue weighted by atomic mass is 19.4. The van der Waals surface area contributed by atoms with Crippen molar-refractivity contribution >= 4 is 5.97 Å². The first-order chi connectivity index (χ1) is 8.03. The van der Waals surface area contributed by atoms with Gasteiger partial charge in [0, 0.05) is 6.42 Å². The Morgan fingerprint density at radius 2 is 1.61 bits per heavy atom. The molecule has 1 aliphatic carbocycles. The Balaban J connectivity index is 2.11. The molecule has 2 rings (SSSR count). The van der Waals surface area contributed by atoms with Gasteiger partial charge in [-0.2, -0.15) is 26.3 Å². The molecule has 18 heavy (non-hydrogen) atoms. The number of ether oxygens (including phenoxy) is 2. The van der Waals surface area contributed by atoms with E-state index in [1.54, 1.807) is 0 Å². The van der Waals surface area contributed by atoms with Gasteiger partial charge >= 0.3 is 23.7 Å². The minimum Gasteiger partial charge on any atom is -0.436 e. The van der Waals surface area contributed by atoms with E-state index in [1.807, 2.05) is 0 Å². The fraction of sp³-hybridized carbons (Fsp3) is 0.889. The van der Waals surface area contributed by atoms with Crippen molar-refractivity contribution in [1.29, 1.82) is 0 Å². The van der Waals surface area contributed by atoms with Crippen LogP contribution in [0.4, 0.5) is 26.3 Å². The maximum Gasteiger partial charge on any atom is 0.378 e. The first-order valence-corrected chi connectivity index (χ1v) is 5.04. The molecule has 0 bridgehead atoms. The van der Waals surface area contributed by atoms with Crippen LogP contribution in [0, 0.1) is 0 Å². The smallest absolute Gasteiger partial charge is 0.378 e. The summed E-state index contributed by atoms with van der Waals surface area (Å²) in [5.41, 5.74) is -3.57. The topological polar surface area (TPSA) is 35.5 Å². The number of halogens is 6. The van der Waals surface area contributed by atoms with E-state index in [4.69, 9.17) is 0 Å². The highest BCUT2D eigenvalue weighted by Crippen LogP contribution is 2.73. The van der Waals surface area contributed by atoms with Crippen molar-refractivity contribution in [2.75, 3.05) is 0 Å². The van der Waals surface area contributed by atoms with Crippen LogP contribution in [0.1, 0.15) is 19.8 Å². The van der Waals surface area contributed by atoms with Gasteiger partial charge in [0.15, 0.2) is 0 Å². The molecule has 0 radical (unpaired) electrons. The molecule has 0 aromatic heterocycles. The Morgan fingerprint density at radius 1 is 1.17 bits per heavy atom. The van der Waals surface area contributed by atoms with Crippen LogP contribution in [0.3, 0.4) is 0 Å². The van der Waals surface area contributed by atoms with Crippen molar-refractivity contribution in [3.8, 4) is 0 Å². The highest BCUT2D eigenvalue weighted by molar-refractivity contribution is 5.69. The third-order valence-corrected chi connectivity index (χ3v) is 3.14. The van der Waals surface area contributed by atoms with Gasteiger partial charge in [-0.3, -0.25) is 4.79 Å². The number of hydrogen-bond acceptors (Lipinski definition) is 3. The van der Waals surface area contributed by atoms with E-state index in [2.05, 4.69) is 9.47 Å². The van der Waals surface area contributed by atoms with Gasteiger partial charge in [0.05, 0.1) is 6.42 Å². The third kappa shape index (κ3) is 1.13. The summed E-state index contributed by atoms with van der Waals surface area (Å²) in [7, 11) is 0.